The molecule has 0 fully saturated rings. The molecule has 2 aromatic carbocycles. The fourth-order valence-electron chi connectivity index (χ4n) is 2.97. The molecule has 3 rings (SSSR count). The van der Waals surface area contributed by atoms with Crippen molar-refractivity contribution in [3.05, 3.63) is 59.7 Å². The highest BCUT2D eigenvalue weighted by Gasteiger charge is 2.19. The number of fused-ring (bicyclic) bond motifs is 1. The summed E-state index contributed by atoms with van der Waals surface area (Å²) in [6.45, 7) is 3.01. The standard InChI is InChI=1S/C20H23NO3/c1-2-6-17(16-7-4-3-5-8-16)20(22)21-12-11-15-9-10-18-19(13-15)24-14-23-18/h3-5,7-10,13,17H,2,6,11-12,14H2,1H3,(H,21,22). The predicted molar refractivity (Wildman–Crippen MR) is 93.4 cm³/mol. The summed E-state index contributed by atoms with van der Waals surface area (Å²) >= 11 is 0. The van der Waals surface area contributed by atoms with Gasteiger partial charge in [-0.25, -0.2) is 0 Å². The molecule has 1 N–H and O–H groups in total. The number of carbonyl (C=O) groups excluding carboxylic acids is 1. The minimum absolute atomic E-state index is 0.0760. The van der Waals surface area contributed by atoms with E-state index in [4.69, 9.17) is 9.47 Å². The van der Waals surface area contributed by atoms with Gasteiger partial charge in [0.25, 0.3) is 0 Å². The van der Waals surface area contributed by atoms with Gasteiger partial charge in [0.05, 0.1) is 5.92 Å². The highest BCUT2D eigenvalue weighted by atomic mass is 16.7. The molecular weight excluding hydrogens is 302 g/mol. The van der Waals surface area contributed by atoms with Crippen LogP contribution in [0.1, 0.15) is 36.8 Å². The molecule has 0 aliphatic carbocycles. The van der Waals surface area contributed by atoms with Crippen LogP contribution in [0.5, 0.6) is 11.5 Å². The maximum Gasteiger partial charge on any atom is 0.231 e. The zero-order valence-electron chi connectivity index (χ0n) is 14.0. The number of carbonyl (C=O) groups is 1. The van der Waals surface area contributed by atoms with Crippen LogP contribution in [-0.4, -0.2) is 19.2 Å². The van der Waals surface area contributed by atoms with Crippen molar-refractivity contribution in [2.24, 2.45) is 0 Å². The molecule has 1 amide bonds. The topological polar surface area (TPSA) is 47.6 Å². The van der Waals surface area contributed by atoms with Gasteiger partial charge in [-0.15, -0.1) is 0 Å². The van der Waals surface area contributed by atoms with Crippen molar-refractivity contribution >= 4 is 5.91 Å². The second kappa shape index (κ2) is 7.86. The van der Waals surface area contributed by atoms with Gasteiger partial charge in [0.1, 0.15) is 0 Å². The summed E-state index contributed by atoms with van der Waals surface area (Å²) in [5.74, 6) is 1.60. The Hall–Kier alpha value is -2.49. The Labute approximate surface area is 142 Å². The van der Waals surface area contributed by atoms with Crippen LogP contribution in [0.25, 0.3) is 0 Å². The van der Waals surface area contributed by atoms with Gasteiger partial charge in [-0.3, -0.25) is 4.79 Å². The fraction of sp³-hybridized carbons (Fsp3) is 0.350. The van der Waals surface area contributed by atoms with Gasteiger partial charge >= 0.3 is 0 Å². The van der Waals surface area contributed by atoms with Crippen LogP contribution in [0.4, 0.5) is 0 Å². The van der Waals surface area contributed by atoms with E-state index in [1.54, 1.807) is 0 Å². The minimum atomic E-state index is -0.0760. The van der Waals surface area contributed by atoms with E-state index in [2.05, 4.69) is 12.2 Å². The van der Waals surface area contributed by atoms with Gasteiger partial charge < -0.3 is 14.8 Å². The molecule has 126 valence electrons. The summed E-state index contributed by atoms with van der Waals surface area (Å²) in [7, 11) is 0. The molecule has 1 unspecified atom stereocenters. The van der Waals surface area contributed by atoms with Crippen molar-refractivity contribution in [1.82, 2.24) is 5.32 Å². The lowest BCUT2D eigenvalue weighted by atomic mass is 9.93. The summed E-state index contributed by atoms with van der Waals surface area (Å²) in [6, 6.07) is 15.9. The van der Waals surface area contributed by atoms with Crippen LogP contribution in [0.2, 0.25) is 0 Å². The third kappa shape index (κ3) is 3.88. The fourth-order valence-corrected chi connectivity index (χ4v) is 2.97. The molecule has 1 heterocycles. The van der Waals surface area contributed by atoms with E-state index in [0.29, 0.717) is 6.54 Å². The van der Waals surface area contributed by atoms with Gasteiger partial charge in [-0.1, -0.05) is 49.7 Å². The Morgan fingerprint density at radius 1 is 1.12 bits per heavy atom. The molecular formula is C20H23NO3. The van der Waals surface area contributed by atoms with Gasteiger partial charge in [0.2, 0.25) is 12.7 Å². The van der Waals surface area contributed by atoms with Crippen LogP contribution >= 0.6 is 0 Å². The van der Waals surface area contributed by atoms with Crippen molar-refractivity contribution in [2.75, 3.05) is 13.3 Å². The highest BCUT2D eigenvalue weighted by molar-refractivity contribution is 5.83. The molecule has 1 aliphatic rings. The van der Waals surface area contributed by atoms with Crippen LogP contribution < -0.4 is 14.8 Å². The Bertz CT molecular complexity index is 685. The Morgan fingerprint density at radius 3 is 2.71 bits per heavy atom. The van der Waals surface area contributed by atoms with Crippen LogP contribution in [-0.2, 0) is 11.2 Å². The van der Waals surface area contributed by atoms with E-state index in [0.717, 1.165) is 41.9 Å². The van der Waals surface area contributed by atoms with Crippen LogP contribution in [0.3, 0.4) is 0 Å². The first kappa shape index (κ1) is 16.4. The average molecular weight is 325 g/mol. The summed E-state index contributed by atoms with van der Waals surface area (Å²) in [4.78, 5) is 12.6. The van der Waals surface area contributed by atoms with Crippen molar-refractivity contribution in [2.45, 2.75) is 32.1 Å². The van der Waals surface area contributed by atoms with Crippen molar-refractivity contribution in [1.29, 1.82) is 0 Å². The first-order valence-corrected chi connectivity index (χ1v) is 8.49. The molecule has 4 nitrogen and oxygen atoms in total. The predicted octanol–water partition coefficient (Wildman–Crippen LogP) is 3.66. The molecule has 24 heavy (non-hydrogen) atoms. The quantitative estimate of drug-likeness (QED) is 0.845. The number of hydrogen-bond acceptors (Lipinski definition) is 3. The minimum Gasteiger partial charge on any atom is -0.454 e. The molecule has 0 aromatic heterocycles. The molecule has 1 aliphatic heterocycles. The number of nitrogens with one attached hydrogen (secondary N) is 1. The normalized spacial score (nSPS) is 13.5. The third-order valence-corrected chi connectivity index (χ3v) is 4.25. The number of ether oxygens (including phenoxy) is 2. The molecule has 2 aromatic rings. The van der Waals surface area contributed by atoms with Crippen molar-refractivity contribution < 1.29 is 14.3 Å². The van der Waals surface area contributed by atoms with Crippen molar-refractivity contribution in [3.63, 3.8) is 0 Å². The van der Waals surface area contributed by atoms with Crippen LogP contribution in [0.15, 0.2) is 48.5 Å². The second-order valence-corrected chi connectivity index (χ2v) is 5.98. The molecule has 0 radical (unpaired) electrons. The van der Waals surface area contributed by atoms with E-state index in [9.17, 15) is 4.79 Å². The average Bonchev–Trinajstić information content (AvgIpc) is 3.08. The monoisotopic (exact) mass is 325 g/mol. The van der Waals surface area contributed by atoms with Crippen molar-refractivity contribution in [3.8, 4) is 11.5 Å². The largest absolute Gasteiger partial charge is 0.454 e. The lowest BCUT2D eigenvalue weighted by Gasteiger charge is -2.16. The second-order valence-electron chi connectivity index (χ2n) is 5.98. The highest BCUT2D eigenvalue weighted by Crippen LogP contribution is 2.32. The molecule has 0 bridgehead atoms. The summed E-state index contributed by atoms with van der Waals surface area (Å²) in [5, 5.41) is 3.07. The number of amides is 1. The molecule has 0 spiro atoms. The smallest absolute Gasteiger partial charge is 0.231 e. The Kier molecular flexibility index (Phi) is 5.36. The molecule has 0 saturated carbocycles. The summed E-state index contributed by atoms with van der Waals surface area (Å²) < 4.78 is 10.7. The Morgan fingerprint density at radius 2 is 1.92 bits per heavy atom. The Balaban J connectivity index is 1.56. The first-order chi connectivity index (χ1) is 11.8. The van der Waals surface area contributed by atoms with E-state index in [1.807, 2.05) is 48.5 Å². The SMILES string of the molecule is CCCC(C(=O)NCCc1ccc2c(c1)OCO2)c1ccccc1. The summed E-state index contributed by atoms with van der Waals surface area (Å²) in [6.07, 6.45) is 2.62. The zero-order valence-corrected chi connectivity index (χ0v) is 14.0. The van der Waals surface area contributed by atoms with Gasteiger partial charge in [-0.2, -0.15) is 0 Å². The van der Waals surface area contributed by atoms with E-state index in [1.165, 1.54) is 0 Å². The van der Waals surface area contributed by atoms with Gasteiger partial charge in [0.15, 0.2) is 11.5 Å². The first-order valence-electron chi connectivity index (χ1n) is 8.49. The number of benzene rings is 2. The van der Waals surface area contributed by atoms with Gasteiger partial charge in [0, 0.05) is 6.54 Å². The maximum absolute atomic E-state index is 12.6. The molecule has 0 saturated heterocycles. The van der Waals surface area contributed by atoms with Crippen LogP contribution in [0, 0.1) is 0 Å². The van der Waals surface area contributed by atoms with Gasteiger partial charge in [-0.05, 0) is 36.1 Å². The lowest BCUT2D eigenvalue weighted by molar-refractivity contribution is -0.122. The molecule has 4 heteroatoms. The summed E-state index contributed by atoms with van der Waals surface area (Å²) in [5.41, 5.74) is 2.21. The number of hydrogen-bond donors (Lipinski definition) is 1. The van der Waals surface area contributed by atoms with E-state index in [-0.39, 0.29) is 18.6 Å². The third-order valence-electron chi connectivity index (χ3n) is 4.25. The molecule has 1 atom stereocenters. The van der Waals surface area contributed by atoms with E-state index >= 15 is 0 Å². The van der Waals surface area contributed by atoms with E-state index < -0.39 is 0 Å². The zero-order chi connectivity index (χ0) is 16.8. The maximum atomic E-state index is 12.6. The number of rotatable bonds is 7. The lowest BCUT2D eigenvalue weighted by Crippen LogP contribution is -2.31.